The highest BCUT2D eigenvalue weighted by Gasteiger charge is 2.17. The van der Waals surface area contributed by atoms with E-state index in [1.165, 1.54) is 18.4 Å². The van der Waals surface area contributed by atoms with E-state index in [9.17, 15) is 0 Å². The molecule has 0 amide bonds. The van der Waals surface area contributed by atoms with Crippen molar-refractivity contribution >= 4 is 0 Å². The van der Waals surface area contributed by atoms with Crippen LogP contribution in [0.2, 0.25) is 0 Å². The highest BCUT2D eigenvalue weighted by Crippen LogP contribution is 2.33. The zero-order valence-corrected chi connectivity index (χ0v) is 10.0. The minimum atomic E-state index is 0.360. The van der Waals surface area contributed by atoms with Crippen molar-refractivity contribution in [1.82, 2.24) is 4.90 Å². The first-order valence-corrected chi connectivity index (χ1v) is 6.25. The number of nitrogens with zero attached hydrogens (tertiary/aromatic N) is 1. The van der Waals surface area contributed by atoms with Gasteiger partial charge in [-0.3, -0.25) is 7.05 Å². The lowest BCUT2D eigenvalue weighted by Gasteiger charge is -2.34. The average Bonchev–Trinajstić information content (AvgIpc) is 2.79. The number of hydrogen-bond donors (Lipinski definition) is 0. The maximum Gasteiger partial charge on any atom is 0.231 e. The van der Waals surface area contributed by atoms with Crippen molar-refractivity contribution in [1.29, 1.82) is 0 Å². The molecule has 0 aliphatic carbocycles. The number of ether oxygens (including phenoxy) is 2. The molecule has 3 nitrogen and oxygen atoms in total. The summed E-state index contributed by atoms with van der Waals surface area (Å²) in [5.41, 5.74) is 1.36. The fourth-order valence-corrected chi connectivity index (χ4v) is 2.59. The Morgan fingerprint density at radius 2 is 1.94 bits per heavy atom. The Labute approximate surface area is 102 Å². The van der Waals surface area contributed by atoms with Crippen molar-refractivity contribution < 1.29 is 9.47 Å². The van der Waals surface area contributed by atoms with Crippen LogP contribution in [-0.4, -0.2) is 24.8 Å². The molecule has 2 heterocycles. The Bertz CT molecular complexity index is 397. The number of piperidine rings is 1. The van der Waals surface area contributed by atoms with Gasteiger partial charge in [0.15, 0.2) is 11.5 Å². The topological polar surface area (TPSA) is 21.7 Å². The lowest BCUT2D eigenvalue weighted by atomic mass is 9.90. The normalized spacial score (nSPS) is 20.8. The van der Waals surface area contributed by atoms with Gasteiger partial charge in [0.05, 0.1) is 0 Å². The molecule has 0 radical (unpaired) electrons. The van der Waals surface area contributed by atoms with Crippen LogP contribution in [0.4, 0.5) is 0 Å². The summed E-state index contributed by atoms with van der Waals surface area (Å²) in [7, 11) is 3.98. The van der Waals surface area contributed by atoms with E-state index >= 15 is 0 Å². The molecule has 0 saturated carbocycles. The van der Waals surface area contributed by atoms with Gasteiger partial charge < -0.3 is 14.4 Å². The molecule has 3 heteroatoms. The molecule has 0 unspecified atom stereocenters. The zero-order chi connectivity index (χ0) is 11.7. The molecule has 92 valence electrons. The Hall–Kier alpha value is -1.22. The summed E-state index contributed by atoms with van der Waals surface area (Å²) in [6.07, 6.45) is 3.64. The summed E-state index contributed by atoms with van der Waals surface area (Å²) >= 11 is 0. The molecular formula is C14H18NO2-. The second-order valence-corrected chi connectivity index (χ2v) is 4.95. The highest BCUT2D eigenvalue weighted by molar-refractivity contribution is 5.44. The maximum absolute atomic E-state index is 5.40. The first kappa shape index (κ1) is 10.9. The van der Waals surface area contributed by atoms with Crippen LogP contribution in [-0.2, 0) is 6.42 Å². The quantitative estimate of drug-likeness (QED) is 0.731. The molecule has 0 spiro atoms. The summed E-state index contributed by atoms with van der Waals surface area (Å²) < 4.78 is 10.7. The molecule has 3 rings (SSSR count). The van der Waals surface area contributed by atoms with Crippen LogP contribution in [0.1, 0.15) is 18.4 Å². The molecule has 2 aliphatic heterocycles. The van der Waals surface area contributed by atoms with Crippen molar-refractivity contribution in [3.63, 3.8) is 0 Å². The zero-order valence-electron chi connectivity index (χ0n) is 10.0. The standard InChI is InChI=1S/C14H18NO2/c1-15-6-4-11(5-7-15)8-12-2-3-13-14(9-12)17-10-16-13/h2-3,9,11H,1,4-8,10H2/q-1. The van der Waals surface area contributed by atoms with E-state index in [2.05, 4.69) is 24.1 Å². The fourth-order valence-electron chi connectivity index (χ4n) is 2.59. The smallest absolute Gasteiger partial charge is 0.231 e. The average molecular weight is 232 g/mol. The molecule has 0 bridgehead atoms. The molecule has 1 aromatic carbocycles. The Morgan fingerprint density at radius 3 is 2.76 bits per heavy atom. The minimum absolute atomic E-state index is 0.360. The summed E-state index contributed by atoms with van der Waals surface area (Å²) in [6.45, 7) is 2.60. The number of likely N-dealkylation sites (tertiary alicyclic amines) is 1. The van der Waals surface area contributed by atoms with Crippen molar-refractivity contribution in [3.8, 4) is 11.5 Å². The third-order valence-corrected chi connectivity index (χ3v) is 3.67. The van der Waals surface area contributed by atoms with Gasteiger partial charge in [0.25, 0.3) is 0 Å². The van der Waals surface area contributed by atoms with Gasteiger partial charge in [-0.05, 0) is 56.0 Å². The molecule has 1 fully saturated rings. The van der Waals surface area contributed by atoms with Gasteiger partial charge in [0.2, 0.25) is 6.79 Å². The SMILES string of the molecule is [CH2-]N1CCC(Cc2ccc3c(c2)OCO3)CC1. The van der Waals surface area contributed by atoms with Crippen LogP contribution < -0.4 is 9.47 Å². The number of benzene rings is 1. The van der Waals surface area contributed by atoms with Crippen LogP contribution >= 0.6 is 0 Å². The molecule has 2 aliphatic rings. The second-order valence-electron chi connectivity index (χ2n) is 4.95. The van der Waals surface area contributed by atoms with Crippen molar-refractivity contribution in [2.75, 3.05) is 19.9 Å². The van der Waals surface area contributed by atoms with Gasteiger partial charge >= 0.3 is 0 Å². The second kappa shape index (κ2) is 4.57. The lowest BCUT2D eigenvalue weighted by molar-refractivity contribution is 0.174. The van der Waals surface area contributed by atoms with E-state index in [1.54, 1.807) is 0 Å². The van der Waals surface area contributed by atoms with Gasteiger partial charge in [-0.15, -0.1) is 0 Å². The van der Waals surface area contributed by atoms with Crippen LogP contribution in [0.3, 0.4) is 0 Å². The first-order chi connectivity index (χ1) is 8.31. The summed E-state index contributed by atoms with van der Waals surface area (Å²) in [4.78, 5) is 2.16. The van der Waals surface area contributed by atoms with E-state index in [4.69, 9.17) is 9.47 Å². The van der Waals surface area contributed by atoms with Crippen LogP contribution in [0.5, 0.6) is 11.5 Å². The van der Waals surface area contributed by atoms with Crippen LogP contribution in [0.15, 0.2) is 18.2 Å². The Kier molecular flexibility index (Phi) is 2.93. The van der Waals surface area contributed by atoms with E-state index in [0.717, 1.165) is 36.9 Å². The van der Waals surface area contributed by atoms with Gasteiger partial charge in [0.1, 0.15) is 0 Å². The monoisotopic (exact) mass is 232 g/mol. The van der Waals surface area contributed by atoms with E-state index in [0.29, 0.717) is 6.79 Å². The predicted octanol–water partition coefficient (Wildman–Crippen LogP) is 2.46. The highest BCUT2D eigenvalue weighted by atomic mass is 16.7. The van der Waals surface area contributed by atoms with Crippen LogP contribution in [0.25, 0.3) is 0 Å². The molecule has 0 aromatic heterocycles. The molecule has 1 aromatic rings. The van der Waals surface area contributed by atoms with Gasteiger partial charge in [-0.2, -0.15) is 0 Å². The summed E-state index contributed by atoms with van der Waals surface area (Å²) in [5, 5.41) is 0. The Morgan fingerprint density at radius 1 is 1.18 bits per heavy atom. The van der Waals surface area contributed by atoms with E-state index < -0.39 is 0 Å². The third-order valence-electron chi connectivity index (χ3n) is 3.67. The van der Waals surface area contributed by atoms with Crippen molar-refractivity contribution in [3.05, 3.63) is 30.8 Å². The number of rotatable bonds is 2. The largest absolute Gasteiger partial charge is 0.459 e. The number of fused-ring (bicyclic) bond motifs is 1. The minimum Gasteiger partial charge on any atom is -0.459 e. The summed E-state index contributed by atoms with van der Waals surface area (Å²) in [5.74, 6) is 2.56. The van der Waals surface area contributed by atoms with Crippen molar-refractivity contribution in [2.24, 2.45) is 5.92 Å². The van der Waals surface area contributed by atoms with Crippen LogP contribution in [0, 0.1) is 13.0 Å². The molecule has 17 heavy (non-hydrogen) atoms. The van der Waals surface area contributed by atoms with Gasteiger partial charge in [-0.25, -0.2) is 0 Å². The van der Waals surface area contributed by atoms with E-state index in [1.807, 2.05) is 6.07 Å². The van der Waals surface area contributed by atoms with Gasteiger partial charge in [0, 0.05) is 0 Å². The van der Waals surface area contributed by atoms with Gasteiger partial charge in [-0.1, -0.05) is 6.07 Å². The predicted molar refractivity (Wildman–Crippen MR) is 65.9 cm³/mol. The summed E-state index contributed by atoms with van der Waals surface area (Å²) in [6, 6.07) is 6.30. The maximum atomic E-state index is 5.40. The number of hydrogen-bond acceptors (Lipinski definition) is 3. The molecule has 1 saturated heterocycles. The van der Waals surface area contributed by atoms with E-state index in [-0.39, 0.29) is 0 Å². The molecule has 0 N–H and O–H groups in total. The Balaban J connectivity index is 1.65. The lowest BCUT2D eigenvalue weighted by Crippen LogP contribution is -2.29. The molecule has 0 atom stereocenters. The fraction of sp³-hybridized carbons (Fsp3) is 0.500. The third kappa shape index (κ3) is 2.39. The van der Waals surface area contributed by atoms with Crippen molar-refractivity contribution in [2.45, 2.75) is 19.3 Å². The molecular weight excluding hydrogens is 214 g/mol. The first-order valence-electron chi connectivity index (χ1n) is 6.25.